The number of amides is 1. The van der Waals surface area contributed by atoms with Gasteiger partial charge in [-0.1, -0.05) is 49.4 Å². The van der Waals surface area contributed by atoms with Crippen LogP contribution in [0.4, 0.5) is 5.13 Å². The molecule has 1 amide bonds. The molecular formula is C22H31ClN4O5S2. The first-order chi connectivity index (χ1) is 15.8. The van der Waals surface area contributed by atoms with Gasteiger partial charge in [-0.25, -0.2) is 18.9 Å². The lowest BCUT2D eigenvalue weighted by Crippen LogP contribution is -2.62. The lowest BCUT2D eigenvalue weighted by Gasteiger charge is -2.41. The molecule has 2 aromatic rings. The van der Waals surface area contributed by atoms with E-state index in [-0.39, 0.29) is 51.6 Å². The number of piperazine rings is 1. The molecule has 2 aliphatic heterocycles. The van der Waals surface area contributed by atoms with Crippen molar-refractivity contribution in [1.29, 1.82) is 0 Å². The Morgan fingerprint density at radius 2 is 1.76 bits per heavy atom. The number of sulfonamides is 1. The molecule has 2 fully saturated rings. The number of anilines is 1. The van der Waals surface area contributed by atoms with E-state index in [1.807, 2.05) is 6.20 Å². The maximum absolute atomic E-state index is 13.4. The van der Waals surface area contributed by atoms with Crippen LogP contribution >= 0.6 is 23.7 Å². The molecule has 0 bridgehead atoms. The molecule has 0 atom stereocenters. The Morgan fingerprint density at radius 3 is 2.32 bits per heavy atom. The third kappa shape index (κ3) is 4.95. The Labute approximate surface area is 210 Å². The van der Waals surface area contributed by atoms with Crippen molar-refractivity contribution in [2.45, 2.75) is 37.4 Å². The van der Waals surface area contributed by atoms with Gasteiger partial charge in [0.15, 0.2) is 9.88 Å². The van der Waals surface area contributed by atoms with Crippen molar-refractivity contribution >= 4 is 44.8 Å². The maximum Gasteiger partial charge on any atom is 0.266 e. The lowest BCUT2D eigenvalue weighted by atomic mass is 9.98. The zero-order valence-corrected chi connectivity index (χ0v) is 21.7. The molecule has 0 radical (unpaired) electrons. The van der Waals surface area contributed by atoms with Gasteiger partial charge in [-0.3, -0.25) is 10.0 Å². The van der Waals surface area contributed by atoms with E-state index in [1.54, 1.807) is 16.8 Å². The minimum atomic E-state index is -3.98. The highest BCUT2D eigenvalue weighted by atomic mass is 35.5. The van der Waals surface area contributed by atoms with Gasteiger partial charge in [-0.05, 0) is 17.0 Å². The standard InChI is InChI=1S/C22H30N4O5S2.ClH/c1-16(2)17-3-5-18(6-4-17)19-15-23-21(32-19)25-9-11-26(12-10-25)33(29,30)22(20(27)24-28)7-13-31-14-8-22;/h3-6,15-16,28H,7-14H2,1-2H3,(H,24,27);1H. The number of hydroxylamine groups is 1. The molecule has 3 heterocycles. The Morgan fingerprint density at radius 1 is 1.15 bits per heavy atom. The molecule has 0 aliphatic carbocycles. The summed E-state index contributed by atoms with van der Waals surface area (Å²) in [6.45, 7) is 6.11. The number of nitrogens with one attached hydrogen (secondary N) is 1. The summed E-state index contributed by atoms with van der Waals surface area (Å²) in [5, 5.41) is 10.1. The van der Waals surface area contributed by atoms with Crippen LogP contribution in [0.1, 0.15) is 38.2 Å². The number of hydrogen-bond donors (Lipinski definition) is 2. The minimum Gasteiger partial charge on any atom is -0.381 e. The van der Waals surface area contributed by atoms with E-state index in [2.05, 4.69) is 48.0 Å². The van der Waals surface area contributed by atoms with E-state index in [0.717, 1.165) is 15.6 Å². The number of carbonyl (C=O) groups excluding carboxylic acids is 1. The predicted octanol–water partition coefficient (Wildman–Crippen LogP) is 2.86. The van der Waals surface area contributed by atoms with Gasteiger partial charge in [0, 0.05) is 58.4 Å². The molecule has 188 valence electrons. The summed E-state index contributed by atoms with van der Waals surface area (Å²) in [6, 6.07) is 8.49. The molecule has 1 aromatic carbocycles. The van der Waals surface area contributed by atoms with E-state index >= 15 is 0 Å². The van der Waals surface area contributed by atoms with Crippen molar-refractivity contribution in [3.63, 3.8) is 0 Å². The number of thiazole rings is 1. The average molecular weight is 531 g/mol. The van der Waals surface area contributed by atoms with Crippen molar-refractivity contribution in [2.75, 3.05) is 44.3 Å². The first-order valence-corrected chi connectivity index (χ1v) is 13.4. The Kier molecular flexibility index (Phi) is 8.59. The second-order valence-electron chi connectivity index (χ2n) is 8.72. The summed E-state index contributed by atoms with van der Waals surface area (Å²) in [4.78, 5) is 20.1. The zero-order valence-electron chi connectivity index (χ0n) is 19.3. The van der Waals surface area contributed by atoms with Crippen LogP contribution in [0.5, 0.6) is 0 Å². The monoisotopic (exact) mass is 530 g/mol. The van der Waals surface area contributed by atoms with Gasteiger partial charge in [-0.2, -0.15) is 4.31 Å². The Hall–Kier alpha value is -1.76. The molecule has 34 heavy (non-hydrogen) atoms. The second kappa shape index (κ2) is 10.9. The third-order valence-corrected chi connectivity index (χ3v) is 10.2. The molecule has 2 N–H and O–H groups in total. The molecule has 2 aliphatic rings. The molecule has 12 heteroatoms. The highest BCUT2D eigenvalue weighted by Gasteiger charge is 2.54. The smallest absolute Gasteiger partial charge is 0.266 e. The SMILES string of the molecule is CC(C)c1ccc(-c2cnc(N3CCN(S(=O)(=O)C4(C(=O)NO)CCOCC4)CC3)s2)cc1.Cl. The number of benzene rings is 1. The van der Waals surface area contributed by atoms with Gasteiger partial charge in [-0.15, -0.1) is 12.4 Å². The normalized spacial score (nSPS) is 19.0. The summed E-state index contributed by atoms with van der Waals surface area (Å²) in [5.74, 6) is -0.409. The largest absolute Gasteiger partial charge is 0.381 e. The van der Waals surface area contributed by atoms with Crippen molar-refractivity contribution < 1.29 is 23.2 Å². The number of halogens is 1. The minimum absolute atomic E-state index is 0. The van der Waals surface area contributed by atoms with Crippen molar-refractivity contribution in [2.24, 2.45) is 0 Å². The molecule has 2 saturated heterocycles. The van der Waals surface area contributed by atoms with Gasteiger partial charge in [0.2, 0.25) is 10.0 Å². The first-order valence-electron chi connectivity index (χ1n) is 11.1. The molecule has 0 saturated carbocycles. The number of ether oxygens (including phenoxy) is 1. The highest BCUT2D eigenvalue weighted by molar-refractivity contribution is 7.91. The van der Waals surface area contributed by atoms with Gasteiger partial charge < -0.3 is 9.64 Å². The molecule has 0 spiro atoms. The number of rotatable bonds is 6. The van der Waals surface area contributed by atoms with Gasteiger partial charge >= 0.3 is 0 Å². The average Bonchev–Trinajstić information content (AvgIpc) is 3.34. The zero-order chi connectivity index (χ0) is 23.6. The molecule has 9 nitrogen and oxygen atoms in total. The highest BCUT2D eigenvalue weighted by Crippen LogP contribution is 2.35. The van der Waals surface area contributed by atoms with Crippen molar-refractivity contribution in [3.05, 3.63) is 36.0 Å². The summed E-state index contributed by atoms with van der Waals surface area (Å²) in [7, 11) is -3.98. The van der Waals surface area contributed by atoms with Crippen LogP contribution < -0.4 is 10.4 Å². The van der Waals surface area contributed by atoms with Crippen LogP contribution in [0, 0.1) is 0 Å². The Balaban J connectivity index is 0.00000324. The number of nitrogens with zero attached hydrogens (tertiary/aromatic N) is 3. The van der Waals surface area contributed by atoms with E-state index in [9.17, 15) is 18.4 Å². The molecule has 1 aromatic heterocycles. The fourth-order valence-electron chi connectivity index (χ4n) is 4.35. The van der Waals surface area contributed by atoms with E-state index in [4.69, 9.17) is 4.74 Å². The fraction of sp³-hybridized carbons (Fsp3) is 0.545. The lowest BCUT2D eigenvalue weighted by molar-refractivity contribution is -0.134. The van der Waals surface area contributed by atoms with Crippen LogP contribution in [0.2, 0.25) is 0 Å². The third-order valence-electron chi connectivity index (χ3n) is 6.51. The first kappa shape index (κ1) is 26.8. The summed E-state index contributed by atoms with van der Waals surface area (Å²) in [6.07, 6.45) is 1.90. The second-order valence-corrected chi connectivity index (χ2v) is 12.0. The van der Waals surface area contributed by atoms with Crippen LogP contribution in [-0.2, 0) is 19.6 Å². The quantitative estimate of drug-likeness (QED) is 0.436. The van der Waals surface area contributed by atoms with Crippen LogP contribution in [-0.4, -0.2) is 73.0 Å². The fourth-order valence-corrected chi connectivity index (χ4v) is 7.42. The van der Waals surface area contributed by atoms with Crippen molar-refractivity contribution in [3.8, 4) is 10.4 Å². The van der Waals surface area contributed by atoms with Crippen LogP contribution in [0.3, 0.4) is 0 Å². The van der Waals surface area contributed by atoms with E-state index < -0.39 is 20.7 Å². The van der Waals surface area contributed by atoms with Gasteiger partial charge in [0.1, 0.15) is 0 Å². The van der Waals surface area contributed by atoms with Crippen LogP contribution in [0.25, 0.3) is 10.4 Å². The van der Waals surface area contributed by atoms with Gasteiger partial charge in [0.25, 0.3) is 5.91 Å². The van der Waals surface area contributed by atoms with E-state index in [1.165, 1.54) is 9.87 Å². The molecule has 4 rings (SSSR count). The molecular weight excluding hydrogens is 500 g/mol. The van der Waals surface area contributed by atoms with Gasteiger partial charge in [0.05, 0.1) is 4.88 Å². The topological polar surface area (TPSA) is 112 Å². The van der Waals surface area contributed by atoms with Crippen molar-refractivity contribution in [1.82, 2.24) is 14.8 Å². The summed E-state index contributed by atoms with van der Waals surface area (Å²) in [5.41, 5.74) is 3.97. The van der Waals surface area contributed by atoms with Crippen LogP contribution in [0.15, 0.2) is 30.5 Å². The number of carbonyl (C=O) groups is 1. The summed E-state index contributed by atoms with van der Waals surface area (Å²) < 4.78 is 31.8. The summed E-state index contributed by atoms with van der Waals surface area (Å²) >= 11 is 1.58. The van der Waals surface area contributed by atoms with E-state index in [0.29, 0.717) is 19.0 Å². The maximum atomic E-state index is 13.4. The number of aromatic nitrogens is 1. The molecule has 0 unspecified atom stereocenters. The Bertz CT molecular complexity index is 1080. The predicted molar refractivity (Wildman–Crippen MR) is 134 cm³/mol. The number of hydrogen-bond acceptors (Lipinski definition) is 8.